The van der Waals surface area contributed by atoms with Crippen LogP contribution in [0.5, 0.6) is 0 Å². The van der Waals surface area contributed by atoms with E-state index in [0.29, 0.717) is 17.5 Å². The highest BCUT2D eigenvalue weighted by atomic mass is 35.5. The van der Waals surface area contributed by atoms with Gasteiger partial charge in [0.1, 0.15) is 0 Å². The first-order chi connectivity index (χ1) is 9.61. The van der Waals surface area contributed by atoms with Crippen LogP contribution in [0.4, 0.5) is 5.69 Å². The van der Waals surface area contributed by atoms with Gasteiger partial charge in [0.25, 0.3) is 0 Å². The number of likely N-dealkylation sites (N-methyl/N-ethyl adjacent to an activating group) is 1. The van der Waals surface area contributed by atoms with E-state index in [-0.39, 0.29) is 16.6 Å². The van der Waals surface area contributed by atoms with Gasteiger partial charge in [0.15, 0.2) is 0 Å². The molecule has 1 atom stereocenters. The highest BCUT2D eigenvalue weighted by molar-refractivity contribution is 7.89. The molecule has 1 aromatic rings. The maximum Gasteiger partial charge on any atom is 0.240 e. The summed E-state index contributed by atoms with van der Waals surface area (Å²) in [6.45, 7) is 4.77. The van der Waals surface area contributed by atoms with E-state index in [9.17, 15) is 8.42 Å². The van der Waals surface area contributed by atoms with Crippen molar-refractivity contribution in [2.75, 3.05) is 26.4 Å². The van der Waals surface area contributed by atoms with Crippen LogP contribution < -0.4 is 10.5 Å². The van der Waals surface area contributed by atoms with Crippen molar-refractivity contribution in [3.05, 3.63) is 23.2 Å². The number of halogens is 1. The number of nitrogens with zero attached hydrogens (tertiary/aromatic N) is 1. The number of rotatable bonds is 7. The second kappa shape index (κ2) is 7.45. The number of hydrogen-bond acceptors (Lipinski definition) is 4. The molecule has 1 unspecified atom stereocenters. The summed E-state index contributed by atoms with van der Waals surface area (Å²) in [7, 11) is 0.232. The monoisotopic (exact) mass is 333 g/mol. The summed E-state index contributed by atoms with van der Waals surface area (Å²) in [6.07, 6.45) is 0.764. The lowest BCUT2D eigenvalue weighted by Gasteiger charge is -2.24. The fourth-order valence-corrected chi connectivity index (χ4v) is 3.54. The Morgan fingerprint density at radius 3 is 2.43 bits per heavy atom. The summed E-state index contributed by atoms with van der Waals surface area (Å²) < 4.78 is 27.6. The fourth-order valence-electron chi connectivity index (χ4n) is 2.15. The third-order valence-electron chi connectivity index (χ3n) is 2.94. The van der Waals surface area contributed by atoms with E-state index in [1.807, 2.05) is 19.0 Å². The van der Waals surface area contributed by atoms with Crippen LogP contribution in [-0.4, -0.2) is 40.0 Å². The van der Waals surface area contributed by atoms with Crippen molar-refractivity contribution in [3.63, 3.8) is 0 Å². The molecule has 1 rings (SSSR count). The van der Waals surface area contributed by atoms with Crippen molar-refractivity contribution in [1.82, 2.24) is 9.62 Å². The average Bonchev–Trinajstić information content (AvgIpc) is 2.29. The molecule has 1 aromatic carbocycles. The normalized spacial score (nSPS) is 13.9. The Bertz CT molecular complexity index is 564. The number of nitrogen functional groups attached to an aromatic ring is 1. The molecule has 0 aliphatic carbocycles. The van der Waals surface area contributed by atoms with E-state index in [0.717, 1.165) is 6.42 Å². The van der Waals surface area contributed by atoms with Crippen molar-refractivity contribution in [1.29, 1.82) is 0 Å². The van der Waals surface area contributed by atoms with Crippen LogP contribution >= 0.6 is 11.6 Å². The first-order valence-electron chi connectivity index (χ1n) is 6.84. The summed E-state index contributed by atoms with van der Waals surface area (Å²) in [5, 5.41) is 0.348. The standard InChI is InChI=1S/C14H24ClN3O2S/c1-10(2)7-11(9-18(3)4)17-21(19,20)12-5-6-13(15)14(16)8-12/h5-6,8,10-11,17H,7,9,16H2,1-4H3. The van der Waals surface area contributed by atoms with Crippen molar-refractivity contribution in [3.8, 4) is 0 Å². The van der Waals surface area contributed by atoms with Crippen LogP contribution in [0.1, 0.15) is 20.3 Å². The van der Waals surface area contributed by atoms with Crippen LogP contribution in [0.3, 0.4) is 0 Å². The molecular formula is C14H24ClN3O2S. The fraction of sp³-hybridized carbons (Fsp3) is 0.571. The summed E-state index contributed by atoms with van der Waals surface area (Å²) in [4.78, 5) is 2.10. The van der Waals surface area contributed by atoms with Gasteiger partial charge in [-0.3, -0.25) is 0 Å². The molecule has 0 fully saturated rings. The van der Waals surface area contributed by atoms with Crippen LogP contribution in [0, 0.1) is 5.92 Å². The molecule has 0 heterocycles. The maximum atomic E-state index is 12.4. The number of nitrogens with two attached hydrogens (primary N) is 1. The van der Waals surface area contributed by atoms with Crippen LogP contribution in [-0.2, 0) is 10.0 Å². The van der Waals surface area contributed by atoms with Gasteiger partial charge in [-0.25, -0.2) is 13.1 Å². The third kappa shape index (κ3) is 5.82. The highest BCUT2D eigenvalue weighted by Gasteiger charge is 2.22. The SMILES string of the molecule is CC(C)CC(CN(C)C)NS(=O)(=O)c1ccc(Cl)c(N)c1. The van der Waals surface area contributed by atoms with Gasteiger partial charge < -0.3 is 10.6 Å². The van der Waals surface area contributed by atoms with E-state index in [4.69, 9.17) is 17.3 Å². The second-order valence-electron chi connectivity index (χ2n) is 5.89. The van der Waals surface area contributed by atoms with Gasteiger partial charge in [-0.2, -0.15) is 0 Å². The van der Waals surface area contributed by atoms with Gasteiger partial charge in [0, 0.05) is 12.6 Å². The average molecular weight is 334 g/mol. The van der Waals surface area contributed by atoms with Crippen molar-refractivity contribution in [2.24, 2.45) is 5.92 Å². The smallest absolute Gasteiger partial charge is 0.240 e. The van der Waals surface area contributed by atoms with Gasteiger partial charge in [0.2, 0.25) is 10.0 Å². The predicted octanol–water partition coefficient (Wildman–Crippen LogP) is 2.18. The predicted molar refractivity (Wildman–Crippen MR) is 88.0 cm³/mol. The highest BCUT2D eigenvalue weighted by Crippen LogP contribution is 2.22. The van der Waals surface area contributed by atoms with Crippen molar-refractivity contribution < 1.29 is 8.42 Å². The van der Waals surface area contributed by atoms with E-state index in [1.165, 1.54) is 18.2 Å². The summed E-state index contributed by atoms with van der Waals surface area (Å²) in [6, 6.07) is 4.19. The number of sulfonamides is 1. The van der Waals surface area contributed by atoms with Crippen LogP contribution in [0.25, 0.3) is 0 Å². The largest absolute Gasteiger partial charge is 0.397 e. The second-order valence-corrected chi connectivity index (χ2v) is 8.01. The van der Waals surface area contributed by atoms with Gasteiger partial charge in [0.05, 0.1) is 15.6 Å². The summed E-state index contributed by atoms with van der Waals surface area (Å²) in [5.41, 5.74) is 5.93. The minimum Gasteiger partial charge on any atom is -0.397 e. The van der Waals surface area contributed by atoms with Crippen LogP contribution in [0.15, 0.2) is 23.1 Å². The Morgan fingerprint density at radius 1 is 1.33 bits per heavy atom. The molecule has 0 saturated carbocycles. The molecular weight excluding hydrogens is 310 g/mol. The Morgan fingerprint density at radius 2 is 1.95 bits per heavy atom. The molecule has 0 aliphatic heterocycles. The minimum absolute atomic E-state index is 0.136. The lowest BCUT2D eigenvalue weighted by molar-refractivity contribution is 0.329. The number of hydrogen-bond donors (Lipinski definition) is 2. The number of anilines is 1. The molecule has 5 nitrogen and oxygen atoms in total. The topological polar surface area (TPSA) is 75.4 Å². The summed E-state index contributed by atoms with van der Waals surface area (Å²) >= 11 is 5.83. The van der Waals surface area contributed by atoms with Gasteiger partial charge in [-0.1, -0.05) is 25.4 Å². The van der Waals surface area contributed by atoms with Gasteiger partial charge >= 0.3 is 0 Å². The van der Waals surface area contributed by atoms with Crippen molar-refractivity contribution in [2.45, 2.75) is 31.2 Å². The molecule has 0 aromatic heterocycles. The number of benzene rings is 1. The van der Waals surface area contributed by atoms with Gasteiger partial charge in [-0.15, -0.1) is 0 Å². The Labute approximate surface area is 132 Å². The molecule has 0 bridgehead atoms. The third-order valence-corrected chi connectivity index (χ3v) is 4.80. The molecule has 0 aliphatic rings. The number of nitrogens with one attached hydrogen (secondary N) is 1. The van der Waals surface area contributed by atoms with Gasteiger partial charge in [-0.05, 0) is 44.6 Å². The first-order valence-corrected chi connectivity index (χ1v) is 8.70. The molecule has 7 heteroatoms. The minimum atomic E-state index is -3.61. The molecule has 21 heavy (non-hydrogen) atoms. The first kappa shape index (κ1) is 18.2. The lowest BCUT2D eigenvalue weighted by Crippen LogP contribution is -2.42. The molecule has 120 valence electrons. The van der Waals surface area contributed by atoms with E-state index >= 15 is 0 Å². The molecule has 0 amide bonds. The maximum absolute atomic E-state index is 12.4. The van der Waals surface area contributed by atoms with E-state index in [2.05, 4.69) is 18.6 Å². The lowest BCUT2D eigenvalue weighted by atomic mass is 10.0. The van der Waals surface area contributed by atoms with E-state index in [1.54, 1.807) is 0 Å². The molecule has 0 radical (unpaired) electrons. The quantitative estimate of drug-likeness (QED) is 0.750. The Hall–Kier alpha value is -0.820. The van der Waals surface area contributed by atoms with Crippen molar-refractivity contribution >= 4 is 27.3 Å². The summed E-state index contributed by atoms with van der Waals surface area (Å²) in [5.74, 6) is 0.396. The zero-order chi connectivity index (χ0) is 16.2. The zero-order valence-electron chi connectivity index (χ0n) is 12.9. The molecule has 3 N–H and O–H groups in total. The Balaban J connectivity index is 2.96. The molecule has 0 spiro atoms. The molecule has 0 saturated heterocycles. The van der Waals surface area contributed by atoms with Crippen LogP contribution in [0.2, 0.25) is 5.02 Å². The zero-order valence-corrected chi connectivity index (χ0v) is 14.5. The Kier molecular flexibility index (Phi) is 6.46. The van der Waals surface area contributed by atoms with E-state index < -0.39 is 10.0 Å².